The molecular formula is C14H12F3N5O. The summed E-state index contributed by atoms with van der Waals surface area (Å²) in [5.41, 5.74) is -1.23. The van der Waals surface area contributed by atoms with Gasteiger partial charge in [0.25, 0.3) is 0 Å². The van der Waals surface area contributed by atoms with Crippen molar-refractivity contribution in [2.24, 2.45) is 0 Å². The van der Waals surface area contributed by atoms with Crippen LogP contribution in [0.1, 0.15) is 18.4 Å². The monoisotopic (exact) mass is 323 g/mol. The van der Waals surface area contributed by atoms with Gasteiger partial charge >= 0.3 is 6.18 Å². The smallest absolute Gasteiger partial charge is 0.347 e. The molecule has 0 unspecified atom stereocenters. The Hall–Kier alpha value is -2.71. The van der Waals surface area contributed by atoms with Gasteiger partial charge in [-0.3, -0.25) is 9.78 Å². The molecule has 23 heavy (non-hydrogen) atoms. The van der Waals surface area contributed by atoms with Crippen LogP contribution in [0.2, 0.25) is 0 Å². The Morgan fingerprint density at radius 1 is 1.26 bits per heavy atom. The largest absolute Gasteiger partial charge is 0.417 e. The lowest BCUT2D eigenvalue weighted by Gasteiger charge is -2.17. The Morgan fingerprint density at radius 3 is 2.70 bits per heavy atom. The highest BCUT2D eigenvalue weighted by Gasteiger charge is 2.42. The van der Waals surface area contributed by atoms with Crippen LogP contribution in [0.3, 0.4) is 0 Å². The molecule has 1 aliphatic rings. The molecule has 0 aliphatic heterocycles. The minimum atomic E-state index is -4.48. The fourth-order valence-electron chi connectivity index (χ4n) is 2.07. The molecule has 2 heterocycles. The lowest BCUT2D eigenvalue weighted by Crippen LogP contribution is -2.38. The number of carbonyl (C=O) groups is 1. The van der Waals surface area contributed by atoms with Crippen molar-refractivity contribution in [3.05, 3.63) is 36.3 Å². The minimum absolute atomic E-state index is 0.121. The fraction of sp³-hybridized carbons (Fsp3) is 0.286. The van der Waals surface area contributed by atoms with Crippen molar-refractivity contribution < 1.29 is 18.0 Å². The number of alkyl halides is 3. The Bertz CT molecular complexity index is 730. The van der Waals surface area contributed by atoms with Crippen molar-refractivity contribution in [3.63, 3.8) is 0 Å². The third-order valence-electron chi connectivity index (χ3n) is 3.43. The molecule has 3 rings (SSSR count). The van der Waals surface area contributed by atoms with Crippen LogP contribution in [0.4, 0.5) is 19.0 Å². The predicted octanol–water partition coefficient (Wildman–Crippen LogP) is 2.21. The van der Waals surface area contributed by atoms with E-state index < -0.39 is 17.4 Å². The number of hydrogen-bond acceptors (Lipinski definition) is 5. The van der Waals surface area contributed by atoms with Gasteiger partial charge in [-0.05, 0) is 25.0 Å². The van der Waals surface area contributed by atoms with E-state index >= 15 is 0 Å². The van der Waals surface area contributed by atoms with E-state index in [1.54, 1.807) is 6.07 Å². The van der Waals surface area contributed by atoms with E-state index in [4.69, 9.17) is 0 Å². The molecule has 2 aromatic heterocycles. The standard InChI is InChI=1S/C14H12F3N5O/c15-14(16,17)10-5-9(6-18-7-10)12-19-4-1-11(21-12)22-13(2-3-13)20-8-23/h1,4-8H,2-3H2,(H,20,23)(H,19,21,22). The Labute approximate surface area is 129 Å². The normalized spacial score (nSPS) is 15.8. The zero-order valence-electron chi connectivity index (χ0n) is 11.8. The predicted molar refractivity (Wildman–Crippen MR) is 75.1 cm³/mol. The molecule has 9 heteroatoms. The molecule has 0 radical (unpaired) electrons. The summed E-state index contributed by atoms with van der Waals surface area (Å²) >= 11 is 0. The minimum Gasteiger partial charge on any atom is -0.347 e. The lowest BCUT2D eigenvalue weighted by molar-refractivity contribution is -0.137. The zero-order valence-corrected chi connectivity index (χ0v) is 11.8. The Balaban J connectivity index is 1.87. The van der Waals surface area contributed by atoms with Gasteiger partial charge in [0.1, 0.15) is 11.5 Å². The summed E-state index contributed by atoms with van der Waals surface area (Å²) in [6, 6.07) is 2.53. The van der Waals surface area contributed by atoms with Crippen molar-refractivity contribution in [1.29, 1.82) is 0 Å². The second kappa shape index (κ2) is 5.49. The second-order valence-corrected chi connectivity index (χ2v) is 5.19. The first-order valence-electron chi connectivity index (χ1n) is 6.77. The van der Waals surface area contributed by atoms with Crippen molar-refractivity contribution in [1.82, 2.24) is 20.3 Å². The van der Waals surface area contributed by atoms with Gasteiger partial charge in [-0.15, -0.1) is 0 Å². The Kier molecular flexibility index (Phi) is 3.63. The van der Waals surface area contributed by atoms with Crippen molar-refractivity contribution in [2.75, 3.05) is 5.32 Å². The number of rotatable bonds is 5. The average molecular weight is 323 g/mol. The molecule has 1 aliphatic carbocycles. The van der Waals surface area contributed by atoms with Crippen LogP contribution in [-0.2, 0) is 11.0 Å². The lowest BCUT2D eigenvalue weighted by atomic mass is 10.2. The van der Waals surface area contributed by atoms with Crippen LogP contribution >= 0.6 is 0 Å². The van der Waals surface area contributed by atoms with E-state index in [9.17, 15) is 18.0 Å². The SMILES string of the molecule is O=CNC1(Nc2ccnc(-c3cncc(C(F)(F)F)c3)n2)CC1. The summed E-state index contributed by atoms with van der Waals surface area (Å²) in [6.07, 6.45) is 1.06. The molecule has 0 aromatic carbocycles. The summed E-state index contributed by atoms with van der Waals surface area (Å²) in [5.74, 6) is 0.537. The molecule has 0 bridgehead atoms. The first kappa shape index (κ1) is 15.2. The van der Waals surface area contributed by atoms with Crippen LogP contribution in [0.25, 0.3) is 11.4 Å². The quantitative estimate of drug-likeness (QED) is 0.651. The van der Waals surface area contributed by atoms with Crippen LogP contribution < -0.4 is 10.6 Å². The van der Waals surface area contributed by atoms with Crippen LogP contribution in [0, 0.1) is 0 Å². The maximum absolute atomic E-state index is 12.7. The summed E-state index contributed by atoms with van der Waals surface area (Å²) in [4.78, 5) is 22.3. The highest BCUT2D eigenvalue weighted by molar-refractivity contribution is 5.58. The van der Waals surface area contributed by atoms with Gasteiger partial charge in [0.2, 0.25) is 6.41 Å². The Morgan fingerprint density at radius 2 is 2.04 bits per heavy atom. The molecule has 1 saturated carbocycles. The van der Waals surface area contributed by atoms with Gasteiger partial charge in [-0.25, -0.2) is 9.97 Å². The van der Waals surface area contributed by atoms with Crippen LogP contribution in [-0.4, -0.2) is 27.0 Å². The zero-order chi connectivity index (χ0) is 16.5. The van der Waals surface area contributed by atoms with Gasteiger partial charge in [0, 0.05) is 24.2 Å². The van der Waals surface area contributed by atoms with Gasteiger partial charge < -0.3 is 10.6 Å². The van der Waals surface area contributed by atoms with Crippen molar-refractivity contribution in [2.45, 2.75) is 24.7 Å². The molecule has 0 spiro atoms. The summed E-state index contributed by atoms with van der Waals surface area (Å²) in [5, 5.41) is 5.71. The number of hydrogen-bond donors (Lipinski definition) is 2. The molecule has 120 valence electrons. The van der Waals surface area contributed by atoms with Crippen molar-refractivity contribution in [3.8, 4) is 11.4 Å². The number of amides is 1. The molecule has 1 amide bonds. The van der Waals surface area contributed by atoms with Crippen LogP contribution in [0.15, 0.2) is 30.7 Å². The van der Waals surface area contributed by atoms with E-state index in [1.165, 1.54) is 12.4 Å². The number of halogens is 3. The highest BCUT2D eigenvalue weighted by Crippen LogP contribution is 2.35. The van der Waals surface area contributed by atoms with Gasteiger partial charge in [-0.1, -0.05) is 0 Å². The first-order chi connectivity index (χ1) is 10.9. The number of anilines is 1. The topological polar surface area (TPSA) is 79.8 Å². The second-order valence-electron chi connectivity index (χ2n) is 5.19. The molecule has 0 atom stereocenters. The number of pyridine rings is 1. The molecule has 6 nitrogen and oxygen atoms in total. The number of carbonyl (C=O) groups excluding carboxylic acids is 1. The molecular weight excluding hydrogens is 311 g/mol. The maximum atomic E-state index is 12.7. The van der Waals surface area contributed by atoms with E-state index in [2.05, 4.69) is 25.6 Å². The fourth-order valence-corrected chi connectivity index (χ4v) is 2.07. The van der Waals surface area contributed by atoms with E-state index in [0.717, 1.165) is 25.1 Å². The number of aromatic nitrogens is 3. The summed E-state index contributed by atoms with van der Waals surface area (Å²) in [7, 11) is 0. The molecule has 0 saturated heterocycles. The van der Waals surface area contributed by atoms with Gasteiger partial charge in [0.15, 0.2) is 5.82 Å². The van der Waals surface area contributed by atoms with Gasteiger partial charge in [-0.2, -0.15) is 13.2 Å². The molecule has 2 aromatic rings. The van der Waals surface area contributed by atoms with Crippen LogP contribution in [0.5, 0.6) is 0 Å². The van der Waals surface area contributed by atoms with E-state index in [1.807, 2.05) is 0 Å². The third kappa shape index (κ3) is 3.38. The third-order valence-corrected chi connectivity index (χ3v) is 3.43. The van der Waals surface area contributed by atoms with E-state index in [0.29, 0.717) is 12.2 Å². The van der Waals surface area contributed by atoms with E-state index in [-0.39, 0.29) is 11.4 Å². The maximum Gasteiger partial charge on any atom is 0.417 e. The number of nitrogens with zero attached hydrogens (tertiary/aromatic N) is 3. The number of nitrogens with one attached hydrogen (secondary N) is 2. The van der Waals surface area contributed by atoms with Gasteiger partial charge in [0.05, 0.1) is 5.56 Å². The molecule has 2 N–H and O–H groups in total. The van der Waals surface area contributed by atoms with Crippen molar-refractivity contribution >= 4 is 12.2 Å². The highest BCUT2D eigenvalue weighted by atomic mass is 19.4. The summed E-state index contributed by atoms with van der Waals surface area (Å²) in [6.45, 7) is 0. The molecule has 1 fully saturated rings. The average Bonchev–Trinajstić information content (AvgIpc) is 3.26. The summed E-state index contributed by atoms with van der Waals surface area (Å²) < 4.78 is 38.2. The first-order valence-corrected chi connectivity index (χ1v) is 6.77.